The van der Waals surface area contributed by atoms with Crippen molar-refractivity contribution in [1.82, 2.24) is 0 Å². The van der Waals surface area contributed by atoms with E-state index in [9.17, 15) is 4.79 Å². The number of hydrogen-bond donors (Lipinski definition) is 1. The van der Waals surface area contributed by atoms with Gasteiger partial charge in [-0.05, 0) is 18.4 Å². The first kappa shape index (κ1) is 9.30. The van der Waals surface area contributed by atoms with E-state index in [0.29, 0.717) is 0 Å². The van der Waals surface area contributed by atoms with Crippen LogP contribution in [-0.2, 0) is 4.79 Å². The second-order valence-electron chi connectivity index (χ2n) is 3.54. The van der Waals surface area contributed by atoms with E-state index >= 15 is 0 Å². The average Bonchev–Trinajstić information content (AvgIpc) is 2.05. The Morgan fingerprint density at radius 3 is 2.58 bits per heavy atom. The van der Waals surface area contributed by atoms with Gasteiger partial charge in [-0.3, -0.25) is 4.79 Å². The fourth-order valence-electron chi connectivity index (χ4n) is 1.80. The number of rotatable bonds is 3. The quantitative estimate of drug-likeness (QED) is 0.642. The number of hydrogen-bond acceptors (Lipinski definition) is 1. The maximum atomic E-state index is 10.4. The fraction of sp³-hybridized carbons (Fsp3) is 0.700. The van der Waals surface area contributed by atoms with Gasteiger partial charge in [0.2, 0.25) is 5.91 Å². The van der Waals surface area contributed by atoms with Crippen molar-refractivity contribution in [3.05, 3.63) is 12.2 Å². The largest absolute Gasteiger partial charge is 0.366 e. The van der Waals surface area contributed by atoms with Gasteiger partial charge in [-0.15, -0.1) is 0 Å². The lowest BCUT2D eigenvalue weighted by molar-refractivity contribution is -0.113. The fourth-order valence-corrected chi connectivity index (χ4v) is 1.80. The van der Waals surface area contributed by atoms with E-state index in [1.807, 2.05) is 6.08 Å². The van der Waals surface area contributed by atoms with Crippen molar-refractivity contribution in [2.24, 2.45) is 11.7 Å². The molecule has 12 heavy (non-hydrogen) atoms. The zero-order valence-electron chi connectivity index (χ0n) is 7.46. The van der Waals surface area contributed by atoms with Crippen LogP contribution in [0.5, 0.6) is 0 Å². The van der Waals surface area contributed by atoms with E-state index in [1.165, 1.54) is 38.2 Å². The molecule has 1 fully saturated rings. The van der Waals surface area contributed by atoms with Gasteiger partial charge in [-0.2, -0.15) is 0 Å². The molecular formula is C10H17NO. The number of carbonyl (C=O) groups is 1. The Balaban J connectivity index is 2.17. The molecule has 1 saturated carbocycles. The first-order valence-electron chi connectivity index (χ1n) is 4.75. The van der Waals surface area contributed by atoms with Gasteiger partial charge in [-0.1, -0.05) is 38.2 Å². The Morgan fingerprint density at radius 1 is 1.33 bits per heavy atom. The summed E-state index contributed by atoms with van der Waals surface area (Å²) in [5, 5.41) is 0. The molecular weight excluding hydrogens is 150 g/mol. The third-order valence-corrected chi connectivity index (χ3v) is 2.48. The molecule has 2 N–H and O–H groups in total. The summed E-state index contributed by atoms with van der Waals surface area (Å²) in [7, 11) is 0. The second-order valence-corrected chi connectivity index (χ2v) is 3.54. The topological polar surface area (TPSA) is 43.1 Å². The summed E-state index contributed by atoms with van der Waals surface area (Å²) in [6.45, 7) is 0. The Labute approximate surface area is 73.8 Å². The normalized spacial score (nSPS) is 20.0. The zero-order chi connectivity index (χ0) is 8.81. The van der Waals surface area contributed by atoms with Gasteiger partial charge < -0.3 is 5.73 Å². The summed E-state index contributed by atoms with van der Waals surface area (Å²) < 4.78 is 0. The lowest BCUT2D eigenvalue weighted by Crippen LogP contribution is -2.07. The molecule has 0 atom stereocenters. The third-order valence-electron chi connectivity index (χ3n) is 2.48. The van der Waals surface area contributed by atoms with Gasteiger partial charge >= 0.3 is 0 Å². The van der Waals surface area contributed by atoms with E-state index < -0.39 is 0 Å². The minimum Gasteiger partial charge on any atom is -0.366 e. The second kappa shape index (κ2) is 4.96. The first-order chi connectivity index (χ1) is 5.79. The SMILES string of the molecule is NC(=O)C=CCC1CCCCC1. The highest BCUT2D eigenvalue weighted by Gasteiger charge is 2.10. The van der Waals surface area contributed by atoms with E-state index in [0.717, 1.165) is 12.3 Å². The molecule has 0 saturated heterocycles. The molecule has 0 aromatic carbocycles. The zero-order valence-corrected chi connectivity index (χ0v) is 7.46. The van der Waals surface area contributed by atoms with Crippen LogP contribution in [-0.4, -0.2) is 5.91 Å². The molecule has 0 aromatic rings. The van der Waals surface area contributed by atoms with Crippen LogP contribution >= 0.6 is 0 Å². The predicted octanol–water partition coefficient (Wildman–Crippen LogP) is 2.00. The van der Waals surface area contributed by atoms with E-state index in [-0.39, 0.29) is 5.91 Å². The summed E-state index contributed by atoms with van der Waals surface area (Å²) >= 11 is 0. The van der Waals surface area contributed by atoms with E-state index in [4.69, 9.17) is 5.73 Å². The third kappa shape index (κ3) is 3.56. The molecule has 1 aliphatic carbocycles. The highest BCUT2D eigenvalue weighted by atomic mass is 16.1. The molecule has 0 bridgehead atoms. The summed E-state index contributed by atoms with van der Waals surface area (Å²) in [6, 6.07) is 0. The molecule has 2 nitrogen and oxygen atoms in total. The van der Waals surface area contributed by atoms with Crippen molar-refractivity contribution >= 4 is 5.91 Å². The highest BCUT2D eigenvalue weighted by Crippen LogP contribution is 2.26. The number of primary amides is 1. The van der Waals surface area contributed by atoms with Crippen molar-refractivity contribution < 1.29 is 4.79 Å². The van der Waals surface area contributed by atoms with Crippen molar-refractivity contribution in [1.29, 1.82) is 0 Å². The van der Waals surface area contributed by atoms with Crippen LogP contribution in [0.4, 0.5) is 0 Å². The minimum atomic E-state index is -0.328. The van der Waals surface area contributed by atoms with Crippen LogP contribution in [0, 0.1) is 5.92 Å². The van der Waals surface area contributed by atoms with Crippen LogP contribution in [0.25, 0.3) is 0 Å². The maximum Gasteiger partial charge on any atom is 0.241 e. The van der Waals surface area contributed by atoms with Gasteiger partial charge in [0.05, 0.1) is 0 Å². The molecule has 1 rings (SSSR count). The van der Waals surface area contributed by atoms with Gasteiger partial charge in [-0.25, -0.2) is 0 Å². The molecule has 0 unspecified atom stereocenters. The molecule has 0 aromatic heterocycles. The summed E-state index contributed by atoms with van der Waals surface area (Å²) in [4.78, 5) is 10.4. The van der Waals surface area contributed by atoms with Crippen molar-refractivity contribution in [3.8, 4) is 0 Å². The van der Waals surface area contributed by atoms with Crippen LogP contribution in [0.15, 0.2) is 12.2 Å². The lowest BCUT2D eigenvalue weighted by atomic mass is 9.87. The standard InChI is InChI=1S/C10H17NO/c11-10(12)8-4-7-9-5-2-1-3-6-9/h4,8-9H,1-3,5-7H2,(H2,11,12). The summed E-state index contributed by atoms with van der Waals surface area (Å²) in [5.74, 6) is 0.472. The molecule has 0 aliphatic heterocycles. The minimum absolute atomic E-state index is 0.328. The van der Waals surface area contributed by atoms with E-state index in [1.54, 1.807) is 0 Å². The van der Waals surface area contributed by atoms with Gasteiger partial charge in [0, 0.05) is 0 Å². The van der Waals surface area contributed by atoms with Crippen molar-refractivity contribution in [2.75, 3.05) is 0 Å². The van der Waals surface area contributed by atoms with Gasteiger partial charge in [0.15, 0.2) is 0 Å². The summed E-state index contributed by atoms with van der Waals surface area (Å²) in [5.41, 5.74) is 4.98. The van der Waals surface area contributed by atoms with Crippen LogP contribution in [0.1, 0.15) is 38.5 Å². The monoisotopic (exact) mass is 167 g/mol. The number of amides is 1. The number of carbonyl (C=O) groups excluding carboxylic acids is 1. The molecule has 0 heterocycles. The Morgan fingerprint density at radius 2 is 2.00 bits per heavy atom. The number of allylic oxidation sites excluding steroid dienone is 1. The Kier molecular flexibility index (Phi) is 3.85. The van der Waals surface area contributed by atoms with Gasteiger partial charge in [0.25, 0.3) is 0 Å². The van der Waals surface area contributed by atoms with Crippen LogP contribution in [0.3, 0.4) is 0 Å². The molecule has 0 radical (unpaired) electrons. The van der Waals surface area contributed by atoms with E-state index in [2.05, 4.69) is 0 Å². The maximum absolute atomic E-state index is 10.4. The molecule has 68 valence electrons. The van der Waals surface area contributed by atoms with Crippen molar-refractivity contribution in [2.45, 2.75) is 38.5 Å². The Bertz CT molecular complexity index is 169. The number of nitrogens with two attached hydrogens (primary N) is 1. The van der Waals surface area contributed by atoms with Gasteiger partial charge in [0.1, 0.15) is 0 Å². The molecule has 1 amide bonds. The molecule has 0 spiro atoms. The van der Waals surface area contributed by atoms with Crippen LogP contribution in [0.2, 0.25) is 0 Å². The lowest BCUT2D eigenvalue weighted by Gasteiger charge is -2.19. The Hall–Kier alpha value is -0.790. The predicted molar refractivity (Wildman–Crippen MR) is 49.5 cm³/mol. The molecule has 1 aliphatic rings. The smallest absolute Gasteiger partial charge is 0.241 e. The van der Waals surface area contributed by atoms with Crippen molar-refractivity contribution in [3.63, 3.8) is 0 Å². The van der Waals surface area contributed by atoms with Crippen LogP contribution < -0.4 is 5.73 Å². The summed E-state index contributed by atoms with van der Waals surface area (Å²) in [6.07, 6.45) is 11.2. The highest BCUT2D eigenvalue weighted by molar-refractivity contribution is 5.85. The molecule has 2 heteroatoms. The first-order valence-corrected chi connectivity index (χ1v) is 4.75. The average molecular weight is 167 g/mol.